The molecule has 5 nitrogen and oxygen atoms in total. The van der Waals surface area contributed by atoms with Crippen LogP contribution in [0.5, 0.6) is 5.75 Å². The van der Waals surface area contributed by atoms with Gasteiger partial charge in [-0.2, -0.15) is 0 Å². The molecule has 2 aromatic rings. The zero-order chi connectivity index (χ0) is 18.6. The summed E-state index contributed by atoms with van der Waals surface area (Å²) in [7, 11) is 1.67. The number of piperazine rings is 1. The largest absolute Gasteiger partial charge is 0.497 e. The van der Waals surface area contributed by atoms with E-state index in [1.165, 1.54) is 5.56 Å². The van der Waals surface area contributed by atoms with E-state index in [2.05, 4.69) is 27.2 Å². The lowest BCUT2D eigenvalue weighted by Crippen LogP contribution is -2.59. The summed E-state index contributed by atoms with van der Waals surface area (Å²) >= 11 is 0. The quantitative estimate of drug-likeness (QED) is 0.855. The summed E-state index contributed by atoms with van der Waals surface area (Å²) in [5.41, 5.74) is 2.27. The summed E-state index contributed by atoms with van der Waals surface area (Å²) in [6, 6.07) is 18.5. The number of nitrogens with one attached hydrogen (secondary N) is 1. The van der Waals surface area contributed by atoms with Gasteiger partial charge in [-0.05, 0) is 42.7 Å². The number of benzene rings is 2. The molecular formula is C22H27N3O2. The molecule has 27 heavy (non-hydrogen) atoms. The summed E-state index contributed by atoms with van der Waals surface area (Å²) in [4.78, 5) is 17.8. The van der Waals surface area contributed by atoms with Crippen molar-refractivity contribution in [2.75, 3.05) is 31.6 Å². The van der Waals surface area contributed by atoms with Crippen molar-refractivity contribution >= 4 is 11.6 Å². The van der Waals surface area contributed by atoms with Crippen molar-refractivity contribution in [1.82, 2.24) is 10.2 Å². The molecule has 1 aliphatic carbocycles. The predicted octanol–water partition coefficient (Wildman–Crippen LogP) is 2.66. The minimum atomic E-state index is -0.170. The monoisotopic (exact) mass is 365 g/mol. The fraction of sp³-hybridized carbons (Fsp3) is 0.409. The number of carbonyl (C=O) groups is 1. The first kappa shape index (κ1) is 17.9. The van der Waals surface area contributed by atoms with Gasteiger partial charge in [0.05, 0.1) is 7.11 Å². The molecule has 1 aliphatic heterocycles. The standard InChI is InChI=1S/C22H27N3O2/c1-27-20-11-9-18(10-12-20)24-14-13-23-15-21(24)22(26)25(19-7-8-19)16-17-5-3-2-4-6-17/h2-6,9-12,19,21,23H,7-8,13-16H2,1H3/t21-/m1/s1. The SMILES string of the molecule is COc1ccc(N2CCNC[C@@H]2C(=O)N(Cc2ccccc2)C2CC2)cc1. The second-order valence-corrected chi connectivity index (χ2v) is 7.29. The van der Waals surface area contributed by atoms with E-state index in [-0.39, 0.29) is 11.9 Å². The van der Waals surface area contributed by atoms with Gasteiger partial charge in [0, 0.05) is 37.9 Å². The van der Waals surface area contributed by atoms with Gasteiger partial charge in [-0.3, -0.25) is 4.79 Å². The highest BCUT2D eigenvalue weighted by molar-refractivity contribution is 5.86. The summed E-state index contributed by atoms with van der Waals surface area (Å²) in [5.74, 6) is 1.06. The van der Waals surface area contributed by atoms with Crippen LogP contribution < -0.4 is 15.0 Å². The lowest BCUT2D eigenvalue weighted by atomic mass is 10.1. The molecule has 142 valence electrons. The van der Waals surface area contributed by atoms with Gasteiger partial charge >= 0.3 is 0 Å². The topological polar surface area (TPSA) is 44.8 Å². The van der Waals surface area contributed by atoms with Crippen LogP contribution >= 0.6 is 0 Å². The summed E-state index contributed by atoms with van der Waals surface area (Å²) in [6.07, 6.45) is 2.22. The van der Waals surface area contributed by atoms with E-state index in [4.69, 9.17) is 4.74 Å². The Kier molecular flexibility index (Phi) is 5.30. The van der Waals surface area contributed by atoms with Crippen LogP contribution in [0.15, 0.2) is 54.6 Å². The molecule has 0 radical (unpaired) electrons. The maximum Gasteiger partial charge on any atom is 0.247 e. The second kappa shape index (κ2) is 8.01. The zero-order valence-corrected chi connectivity index (χ0v) is 15.8. The minimum absolute atomic E-state index is 0.170. The number of rotatable bonds is 6. The highest BCUT2D eigenvalue weighted by Crippen LogP contribution is 2.31. The van der Waals surface area contributed by atoms with Crippen LogP contribution in [0.25, 0.3) is 0 Å². The van der Waals surface area contributed by atoms with Crippen molar-refractivity contribution in [3.05, 3.63) is 60.2 Å². The van der Waals surface area contributed by atoms with Gasteiger partial charge in [-0.15, -0.1) is 0 Å². The summed E-state index contributed by atoms with van der Waals surface area (Å²) in [5, 5.41) is 3.40. The maximum absolute atomic E-state index is 13.5. The third-order valence-corrected chi connectivity index (χ3v) is 5.40. The number of nitrogens with zero attached hydrogens (tertiary/aromatic N) is 2. The first-order valence-corrected chi connectivity index (χ1v) is 9.72. The van der Waals surface area contributed by atoms with Crippen molar-refractivity contribution in [1.29, 1.82) is 0 Å². The van der Waals surface area contributed by atoms with Gasteiger partial charge in [-0.25, -0.2) is 0 Å². The lowest BCUT2D eigenvalue weighted by Gasteiger charge is -2.39. The van der Waals surface area contributed by atoms with Crippen molar-refractivity contribution < 1.29 is 9.53 Å². The fourth-order valence-corrected chi connectivity index (χ4v) is 3.75. The van der Waals surface area contributed by atoms with E-state index in [0.29, 0.717) is 19.1 Å². The number of ether oxygens (including phenoxy) is 1. The van der Waals surface area contributed by atoms with Crippen molar-refractivity contribution in [2.45, 2.75) is 31.5 Å². The molecular weight excluding hydrogens is 338 g/mol. The minimum Gasteiger partial charge on any atom is -0.497 e. The van der Waals surface area contributed by atoms with E-state index < -0.39 is 0 Å². The zero-order valence-electron chi connectivity index (χ0n) is 15.8. The summed E-state index contributed by atoms with van der Waals surface area (Å²) < 4.78 is 5.27. The molecule has 2 aromatic carbocycles. The molecule has 0 aromatic heterocycles. The lowest BCUT2D eigenvalue weighted by molar-refractivity contribution is -0.134. The van der Waals surface area contributed by atoms with Gasteiger partial charge in [0.2, 0.25) is 5.91 Å². The number of carbonyl (C=O) groups excluding carboxylic acids is 1. The van der Waals surface area contributed by atoms with Crippen LogP contribution in [0.3, 0.4) is 0 Å². The molecule has 0 spiro atoms. The third kappa shape index (κ3) is 4.08. The Bertz CT molecular complexity index is 759. The van der Waals surface area contributed by atoms with Gasteiger partial charge in [0.25, 0.3) is 0 Å². The van der Waals surface area contributed by atoms with Crippen LogP contribution in [0.1, 0.15) is 18.4 Å². The molecule has 5 heteroatoms. The number of anilines is 1. The predicted molar refractivity (Wildman–Crippen MR) is 107 cm³/mol. The van der Waals surface area contributed by atoms with Gasteiger partial charge < -0.3 is 19.9 Å². The van der Waals surface area contributed by atoms with E-state index in [9.17, 15) is 4.79 Å². The molecule has 0 unspecified atom stereocenters. The molecule has 1 heterocycles. The number of methoxy groups -OCH3 is 1. The molecule has 0 bridgehead atoms. The molecule has 1 saturated heterocycles. The molecule has 2 aliphatic rings. The Morgan fingerprint density at radius 3 is 2.56 bits per heavy atom. The number of amides is 1. The van der Waals surface area contributed by atoms with Crippen LogP contribution in [-0.4, -0.2) is 49.6 Å². The van der Waals surface area contributed by atoms with Crippen LogP contribution in [0.4, 0.5) is 5.69 Å². The average molecular weight is 365 g/mol. The van der Waals surface area contributed by atoms with E-state index in [1.54, 1.807) is 7.11 Å². The molecule has 2 fully saturated rings. The van der Waals surface area contributed by atoms with E-state index in [0.717, 1.165) is 37.4 Å². The summed E-state index contributed by atoms with van der Waals surface area (Å²) in [6.45, 7) is 3.09. The molecule has 1 amide bonds. The van der Waals surface area contributed by atoms with E-state index >= 15 is 0 Å². The fourth-order valence-electron chi connectivity index (χ4n) is 3.75. The van der Waals surface area contributed by atoms with Gasteiger partial charge in [0.15, 0.2) is 0 Å². The normalized spacial score (nSPS) is 19.6. The van der Waals surface area contributed by atoms with Crippen LogP contribution in [0.2, 0.25) is 0 Å². The Morgan fingerprint density at radius 1 is 1.15 bits per heavy atom. The molecule has 1 N–H and O–H groups in total. The van der Waals surface area contributed by atoms with Crippen LogP contribution in [0, 0.1) is 0 Å². The molecule has 1 saturated carbocycles. The Morgan fingerprint density at radius 2 is 1.89 bits per heavy atom. The highest BCUT2D eigenvalue weighted by atomic mass is 16.5. The Hall–Kier alpha value is -2.53. The van der Waals surface area contributed by atoms with Crippen molar-refractivity contribution in [3.8, 4) is 5.75 Å². The first-order chi connectivity index (χ1) is 13.3. The molecule has 1 atom stereocenters. The smallest absolute Gasteiger partial charge is 0.247 e. The third-order valence-electron chi connectivity index (χ3n) is 5.40. The highest BCUT2D eigenvalue weighted by Gasteiger charge is 2.38. The van der Waals surface area contributed by atoms with Crippen molar-refractivity contribution in [3.63, 3.8) is 0 Å². The Labute approximate surface area is 160 Å². The number of hydrogen-bond donors (Lipinski definition) is 1. The molecule has 4 rings (SSSR count). The van der Waals surface area contributed by atoms with Gasteiger partial charge in [-0.1, -0.05) is 30.3 Å². The first-order valence-electron chi connectivity index (χ1n) is 9.72. The maximum atomic E-state index is 13.5. The number of hydrogen-bond acceptors (Lipinski definition) is 4. The van der Waals surface area contributed by atoms with E-state index in [1.807, 2.05) is 42.5 Å². The van der Waals surface area contributed by atoms with Crippen molar-refractivity contribution in [2.24, 2.45) is 0 Å². The van der Waals surface area contributed by atoms with Gasteiger partial charge in [0.1, 0.15) is 11.8 Å². The Balaban J connectivity index is 1.54. The van der Waals surface area contributed by atoms with Crippen LogP contribution in [-0.2, 0) is 11.3 Å². The average Bonchev–Trinajstić information content (AvgIpc) is 3.57. The second-order valence-electron chi connectivity index (χ2n) is 7.29.